The average molecular weight is 504 g/mol. The molecule has 1 aromatic rings. The molecule has 0 spiro atoms. The zero-order valence-electron chi connectivity index (χ0n) is 16.2. The third-order valence-corrected chi connectivity index (χ3v) is 5.09. The summed E-state index contributed by atoms with van der Waals surface area (Å²) in [6, 6.07) is 4.88. The van der Waals surface area contributed by atoms with Crippen LogP contribution in [-0.4, -0.2) is 35.6 Å². The quantitative estimate of drug-likeness (QED) is 0.273. The number of phenols is 1. The second kappa shape index (κ2) is 10.8. The zero-order valence-corrected chi connectivity index (χ0v) is 18.5. The van der Waals surface area contributed by atoms with E-state index in [4.69, 9.17) is 0 Å². The highest BCUT2D eigenvalue weighted by molar-refractivity contribution is 14.0. The molecule has 156 valence electrons. The number of carbonyl (C=O) groups excluding carboxylic acids is 1. The summed E-state index contributed by atoms with van der Waals surface area (Å²) in [5, 5.41) is 19.0. The number of halogens is 2. The van der Waals surface area contributed by atoms with Gasteiger partial charge in [0.05, 0.1) is 6.54 Å². The Bertz CT molecular complexity index is 697. The van der Waals surface area contributed by atoms with Gasteiger partial charge < -0.3 is 21.1 Å². The fraction of sp³-hybridized carbons (Fsp3) is 0.600. The molecule has 0 radical (unpaired) electrons. The van der Waals surface area contributed by atoms with Crippen LogP contribution in [-0.2, 0) is 11.3 Å². The van der Waals surface area contributed by atoms with E-state index in [1.165, 1.54) is 12.1 Å². The molecule has 0 heterocycles. The summed E-state index contributed by atoms with van der Waals surface area (Å²) in [7, 11) is 0. The summed E-state index contributed by atoms with van der Waals surface area (Å²) in [6.07, 6.45) is 5.98. The van der Waals surface area contributed by atoms with Gasteiger partial charge in [0.15, 0.2) is 17.5 Å². The minimum absolute atomic E-state index is 0. The van der Waals surface area contributed by atoms with Crippen LogP contribution in [0, 0.1) is 11.7 Å². The molecule has 2 atom stereocenters. The van der Waals surface area contributed by atoms with E-state index in [1.807, 2.05) is 6.92 Å². The van der Waals surface area contributed by atoms with Gasteiger partial charge in [0.1, 0.15) is 0 Å². The van der Waals surface area contributed by atoms with Crippen LogP contribution in [0.25, 0.3) is 0 Å². The summed E-state index contributed by atoms with van der Waals surface area (Å²) in [5.74, 6) is -0.0846. The SMILES string of the molecule is CCNC(=NCc1ccc(O)c(F)c1)NC1CCCC(C(=O)NC2CC2)C1.I. The molecule has 28 heavy (non-hydrogen) atoms. The second-order valence-corrected chi connectivity index (χ2v) is 7.47. The Balaban J connectivity index is 0.00000280. The van der Waals surface area contributed by atoms with Crippen molar-refractivity contribution in [2.75, 3.05) is 6.54 Å². The van der Waals surface area contributed by atoms with Crippen LogP contribution in [0.15, 0.2) is 23.2 Å². The van der Waals surface area contributed by atoms with E-state index in [9.17, 15) is 14.3 Å². The standard InChI is InChI=1S/C20H29FN4O2.HI/c1-2-22-20(23-12-13-6-9-18(26)17(21)10-13)25-16-5-3-4-14(11-16)19(27)24-15-7-8-15;/h6,9-10,14-16,26H,2-5,7-8,11-12H2,1H3,(H,24,27)(H2,22,23,25);1H. The Morgan fingerprint density at radius 2 is 2.00 bits per heavy atom. The van der Waals surface area contributed by atoms with Crippen LogP contribution in [0.3, 0.4) is 0 Å². The molecule has 4 N–H and O–H groups in total. The van der Waals surface area contributed by atoms with Crippen LogP contribution >= 0.6 is 24.0 Å². The molecule has 2 aliphatic carbocycles. The first-order valence-corrected chi connectivity index (χ1v) is 9.87. The zero-order chi connectivity index (χ0) is 19.2. The van der Waals surface area contributed by atoms with Gasteiger partial charge in [0.2, 0.25) is 5.91 Å². The van der Waals surface area contributed by atoms with Crippen molar-refractivity contribution < 1.29 is 14.3 Å². The second-order valence-electron chi connectivity index (χ2n) is 7.47. The minimum Gasteiger partial charge on any atom is -0.505 e. The number of rotatable bonds is 6. The van der Waals surface area contributed by atoms with Crippen molar-refractivity contribution in [1.82, 2.24) is 16.0 Å². The van der Waals surface area contributed by atoms with E-state index in [2.05, 4.69) is 20.9 Å². The smallest absolute Gasteiger partial charge is 0.223 e. The predicted octanol–water partition coefficient (Wildman–Crippen LogP) is 3.04. The van der Waals surface area contributed by atoms with Gasteiger partial charge in [-0.1, -0.05) is 12.5 Å². The molecule has 0 bridgehead atoms. The molecule has 1 amide bonds. The lowest BCUT2D eigenvalue weighted by molar-refractivity contribution is -0.126. The number of nitrogens with one attached hydrogen (secondary N) is 3. The lowest BCUT2D eigenvalue weighted by atomic mass is 9.85. The number of guanidine groups is 1. The number of nitrogens with zero attached hydrogens (tertiary/aromatic N) is 1. The predicted molar refractivity (Wildman–Crippen MR) is 118 cm³/mol. The Hall–Kier alpha value is -1.58. The molecule has 8 heteroatoms. The first-order chi connectivity index (χ1) is 13.0. The third kappa shape index (κ3) is 6.79. The topological polar surface area (TPSA) is 85.8 Å². The Morgan fingerprint density at radius 1 is 1.21 bits per heavy atom. The number of carbonyl (C=O) groups is 1. The molecule has 1 aromatic carbocycles. The highest BCUT2D eigenvalue weighted by Gasteiger charge is 2.31. The van der Waals surface area contributed by atoms with Gasteiger partial charge >= 0.3 is 0 Å². The van der Waals surface area contributed by atoms with Crippen LogP contribution < -0.4 is 16.0 Å². The molecule has 2 fully saturated rings. The monoisotopic (exact) mass is 504 g/mol. The Morgan fingerprint density at radius 3 is 2.68 bits per heavy atom. The van der Waals surface area contributed by atoms with E-state index < -0.39 is 5.82 Å². The van der Waals surface area contributed by atoms with Crippen molar-refractivity contribution in [3.05, 3.63) is 29.6 Å². The highest BCUT2D eigenvalue weighted by atomic mass is 127. The number of amides is 1. The van der Waals surface area contributed by atoms with Gasteiger partial charge in [0, 0.05) is 24.5 Å². The van der Waals surface area contributed by atoms with Crippen LogP contribution in [0.5, 0.6) is 5.75 Å². The molecular weight excluding hydrogens is 474 g/mol. The van der Waals surface area contributed by atoms with Crippen molar-refractivity contribution in [3.8, 4) is 5.75 Å². The molecule has 6 nitrogen and oxygen atoms in total. The Labute approximate surface area is 182 Å². The van der Waals surface area contributed by atoms with Gasteiger partial charge in [-0.2, -0.15) is 0 Å². The molecule has 0 aliphatic heterocycles. The number of benzene rings is 1. The van der Waals surface area contributed by atoms with Gasteiger partial charge in [-0.25, -0.2) is 9.38 Å². The lowest BCUT2D eigenvalue weighted by Gasteiger charge is -2.30. The van der Waals surface area contributed by atoms with Crippen LogP contribution in [0.1, 0.15) is 51.0 Å². The van der Waals surface area contributed by atoms with Gasteiger partial charge in [-0.3, -0.25) is 4.79 Å². The first-order valence-electron chi connectivity index (χ1n) is 9.87. The summed E-state index contributed by atoms with van der Waals surface area (Å²) in [5.41, 5.74) is 0.688. The van der Waals surface area contributed by atoms with Crippen molar-refractivity contribution in [2.45, 2.75) is 64.1 Å². The van der Waals surface area contributed by atoms with Crippen LogP contribution in [0.4, 0.5) is 4.39 Å². The summed E-state index contributed by atoms with van der Waals surface area (Å²) >= 11 is 0. The maximum absolute atomic E-state index is 13.5. The maximum atomic E-state index is 13.5. The van der Waals surface area contributed by atoms with Crippen molar-refractivity contribution >= 4 is 35.8 Å². The van der Waals surface area contributed by atoms with Crippen molar-refractivity contribution in [2.24, 2.45) is 10.9 Å². The van der Waals surface area contributed by atoms with Crippen LogP contribution in [0.2, 0.25) is 0 Å². The molecular formula is C20H30FIN4O2. The normalized spacial score (nSPS) is 22.1. The third-order valence-electron chi connectivity index (χ3n) is 5.09. The van der Waals surface area contributed by atoms with Crippen molar-refractivity contribution in [1.29, 1.82) is 0 Å². The van der Waals surface area contributed by atoms with E-state index >= 15 is 0 Å². The summed E-state index contributed by atoms with van der Waals surface area (Å²) in [4.78, 5) is 16.9. The minimum atomic E-state index is -0.641. The number of aliphatic imine (C=N–C) groups is 1. The largest absolute Gasteiger partial charge is 0.505 e. The van der Waals surface area contributed by atoms with Gasteiger partial charge in [-0.05, 0) is 56.7 Å². The molecule has 2 saturated carbocycles. The molecule has 0 saturated heterocycles. The Kier molecular flexibility index (Phi) is 8.78. The fourth-order valence-corrected chi connectivity index (χ4v) is 3.44. The number of hydrogen-bond donors (Lipinski definition) is 4. The van der Waals surface area contributed by atoms with Crippen molar-refractivity contribution in [3.63, 3.8) is 0 Å². The highest BCUT2D eigenvalue weighted by Crippen LogP contribution is 2.26. The van der Waals surface area contributed by atoms with Gasteiger partial charge in [0.25, 0.3) is 0 Å². The fourth-order valence-electron chi connectivity index (χ4n) is 3.44. The lowest BCUT2D eigenvalue weighted by Crippen LogP contribution is -2.47. The first kappa shape index (κ1) is 22.7. The van der Waals surface area contributed by atoms with E-state index in [-0.39, 0.29) is 47.6 Å². The molecule has 3 rings (SSSR count). The molecule has 0 aromatic heterocycles. The number of hydrogen-bond acceptors (Lipinski definition) is 3. The molecule has 2 aliphatic rings. The summed E-state index contributed by atoms with van der Waals surface area (Å²) < 4.78 is 13.5. The molecule has 2 unspecified atom stereocenters. The average Bonchev–Trinajstić information content (AvgIpc) is 3.47. The maximum Gasteiger partial charge on any atom is 0.223 e. The van der Waals surface area contributed by atoms with E-state index in [1.54, 1.807) is 6.07 Å². The van der Waals surface area contributed by atoms with E-state index in [0.29, 0.717) is 30.7 Å². The number of aromatic hydroxyl groups is 1. The van der Waals surface area contributed by atoms with E-state index in [0.717, 1.165) is 38.5 Å². The van der Waals surface area contributed by atoms with Gasteiger partial charge in [-0.15, -0.1) is 24.0 Å². The number of phenolic OH excluding ortho intramolecular Hbond substituents is 1. The summed E-state index contributed by atoms with van der Waals surface area (Å²) in [6.45, 7) is 3.02.